The van der Waals surface area contributed by atoms with Gasteiger partial charge in [-0.3, -0.25) is 19.2 Å². The van der Waals surface area contributed by atoms with Gasteiger partial charge in [0.15, 0.2) is 0 Å². The molecule has 3 fully saturated rings. The molecule has 3 amide bonds. The molecule has 3 saturated heterocycles. The van der Waals surface area contributed by atoms with Crippen LogP contribution in [0.25, 0.3) is 11.0 Å². The average molecular weight is 806 g/mol. The lowest BCUT2D eigenvalue weighted by atomic mass is 9.70. The second-order valence-electron chi connectivity index (χ2n) is 14.4. The highest BCUT2D eigenvalue weighted by Gasteiger charge is 2.77. The summed E-state index contributed by atoms with van der Waals surface area (Å²) < 4.78 is 14.7. The number of allylic oxidation sites excluding steroid dienone is 1. The highest BCUT2D eigenvalue weighted by molar-refractivity contribution is 9.09. The predicted octanol–water partition coefficient (Wildman–Crippen LogP) is 4.46. The fourth-order valence-corrected chi connectivity index (χ4v) is 9.28. The Bertz CT molecular complexity index is 1840. The van der Waals surface area contributed by atoms with E-state index in [0.29, 0.717) is 36.8 Å². The Morgan fingerprint density at radius 1 is 1.11 bits per heavy atom. The van der Waals surface area contributed by atoms with E-state index in [1.807, 2.05) is 54.6 Å². The monoisotopic (exact) mass is 804 g/mol. The number of benzene rings is 2. The van der Waals surface area contributed by atoms with Gasteiger partial charge in [-0.1, -0.05) is 88.6 Å². The molecular formula is C40H49BrN6O7. The van der Waals surface area contributed by atoms with E-state index in [0.717, 1.165) is 18.4 Å². The molecule has 4 heterocycles. The van der Waals surface area contributed by atoms with E-state index < -0.39 is 47.7 Å². The van der Waals surface area contributed by atoms with Crippen molar-refractivity contribution >= 4 is 50.7 Å². The molecule has 6 rings (SSSR count). The molecule has 14 heteroatoms. The smallest absolute Gasteiger partial charge is 0.313 e. The minimum absolute atomic E-state index is 0.0585. The summed E-state index contributed by atoms with van der Waals surface area (Å²) in [6, 6.07) is 15.0. The second kappa shape index (κ2) is 17.4. The number of para-hydroxylation sites is 1. The number of ether oxygens (including phenoxy) is 2. The lowest BCUT2D eigenvalue weighted by molar-refractivity contribution is -0.162. The number of esters is 1. The number of likely N-dealkylation sites (tertiary alicyclic amines) is 1. The van der Waals surface area contributed by atoms with Crippen LogP contribution in [0.15, 0.2) is 79.9 Å². The fraction of sp³-hybridized carbons (Fsp3) is 0.500. The average Bonchev–Trinajstić information content (AvgIpc) is 3.89. The predicted molar refractivity (Wildman–Crippen MR) is 205 cm³/mol. The van der Waals surface area contributed by atoms with E-state index in [4.69, 9.17) is 9.47 Å². The van der Waals surface area contributed by atoms with Gasteiger partial charge >= 0.3 is 5.97 Å². The van der Waals surface area contributed by atoms with Gasteiger partial charge in [-0.05, 0) is 50.3 Å². The van der Waals surface area contributed by atoms with Gasteiger partial charge in [0.2, 0.25) is 17.7 Å². The maximum Gasteiger partial charge on any atom is 0.313 e. The number of hydrogen-bond acceptors (Lipinski definition) is 9. The SMILES string of the molecule is C=CCCC(=O)N[C@@H](C)[C@H](OC(=O)[C@@H]1[C@H]2O[C@@]3(CC2Br)[C@H](C(=O)N(CC=C)Cn2nnc4ccccc42)N(CCCCCCO)C(=O)[C@@H]13)c1ccccc1. The summed E-state index contributed by atoms with van der Waals surface area (Å²) in [5.41, 5.74) is 0.813. The molecule has 0 aliphatic carbocycles. The maximum absolute atomic E-state index is 15.0. The molecule has 54 heavy (non-hydrogen) atoms. The van der Waals surface area contributed by atoms with Crippen LogP contribution < -0.4 is 5.32 Å². The van der Waals surface area contributed by atoms with Gasteiger partial charge in [-0.15, -0.1) is 18.3 Å². The summed E-state index contributed by atoms with van der Waals surface area (Å²) in [5, 5.41) is 20.8. The highest BCUT2D eigenvalue weighted by Crippen LogP contribution is 2.60. The van der Waals surface area contributed by atoms with Crippen molar-refractivity contribution in [2.45, 2.75) is 93.3 Å². The topological polar surface area (TPSA) is 156 Å². The van der Waals surface area contributed by atoms with E-state index in [1.165, 1.54) is 0 Å². The summed E-state index contributed by atoms with van der Waals surface area (Å²) in [4.78, 5) is 59.8. The number of unbranched alkanes of at least 4 members (excludes halogenated alkanes) is 3. The zero-order chi connectivity index (χ0) is 38.4. The maximum atomic E-state index is 15.0. The number of alkyl halides is 1. The summed E-state index contributed by atoms with van der Waals surface area (Å²) in [6.45, 7) is 9.96. The van der Waals surface area contributed by atoms with Crippen LogP contribution in [0.4, 0.5) is 0 Å². The highest BCUT2D eigenvalue weighted by atomic mass is 79.9. The molecule has 1 unspecified atom stereocenters. The molecular weight excluding hydrogens is 756 g/mol. The van der Waals surface area contributed by atoms with Crippen molar-refractivity contribution in [3.63, 3.8) is 0 Å². The number of hydrogen-bond donors (Lipinski definition) is 2. The van der Waals surface area contributed by atoms with Crippen LogP contribution in [0.1, 0.15) is 63.5 Å². The minimum Gasteiger partial charge on any atom is -0.455 e. The van der Waals surface area contributed by atoms with Crippen LogP contribution in [0.3, 0.4) is 0 Å². The first-order chi connectivity index (χ1) is 26.1. The Kier molecular flexibility index (Phi) is 12.6. The molecule has 3 aliphatic rings. The molecule has 2 aromatic carbocycles. The Labute approximate surface area is 323 Å². The number of carbonyl (C=O) groups excluding carboxylic acids is 4. The molecule has 3 aromatic rings. The molecule has 2 bridgehead atoms. The lowest BCUT2D eigenvalue weighted by Crippen LogP contribution is -2.57. The first-order valence-electron chi connectivity index (χ1n) is 18.7. The number of halogens is 1. The Balaban J connectivity index is 1.32. The molecule has 13 nitrogen and oxygen atoms in total. The number of carbonyl (C=O) groups is 4. The minimum atomic E-state index is -1.31. The summed E-state index contributed by atoms with van der Waals surface area (Å²) >= 11 is 3.76. The quantitative estimate of drug-likeness (QED) is 0.0774. The number of nitrogens with zero attached hydrogens (tertiary/aromatic N) is 5. The molecule has 2 N–H and O–H groups in total. The van der Waals surface area contributed by atoms with Gasteiger partial charge in [-0.2, -0.15) is 0 Å². The van der Waals surface area contributed by atoms with Gasteiger partial charge in [0.05, 0.1) is 29.5 Å². The Hall–Kier alpha value is -4.40. The van der Waals surface area contributed by atoms with E-state index in [2.05, 4.69) is 44.7 Å². The van der Waals surface area contributed by atoms with Crippen LogP contribution in [-0.4, -0.2) is 102 Å². The number of aliphatic hydroxyl groups is 1. The third kappa shape index (κ3) is 7.74. The van der Waals surface area contributed by atoms with Gasteiger partial charge in [0.1, 0.15) is 29.9 Å². The Morgan fingerprint density at radius 2 is 1.85 bits per heavy atom. The van der Waals surface area contributed by atoms with Gasteiger partial charge in [0, 0.05) is 30.9 Å². The van der Waals surface area contributed by atoms with Crippen LogP contribution in [-0.2, 0) is 35.3 Å². The first kappa shape index (κ1) is 39.3. The normalized spacial score (nSPS) is 25.3. The molecule has 3 aliphatic heterocycles. The molecule has 1 aromatic heterocycles. The second-order valence-corrected chi connectivity index (χ2v) is 15.5. The lowest BCUT2D eigenvalue weighted by Gasteiger charge is -2.37. The van der Waals surface area contributed by atoms with E-state index in [9.17, 15) is 24.3 Å². The van der Waals surface area contributed by atoms with E-state index in [1.54, 1.807) is 33.6 Å². The van der Waals surface area contributed by atoms with Crippen molar-refractivity contribution in [1.29, 1.82) is 0 Å². The third-order valence-electron chi connectivity index (χ3n) is 10.8. The number of nitrogens with one attached hydrogen (secondary N) is 1. The molecule has 288 valence electrons. The molecule has 8 atom stereocenters. The third-order valence-corrected chi connectivity index (χ3v) is 11.6. The van der Waals surface area contributed by atoms with E-state index in [-0.39, 0.29) is 55.3 Å². The van der Waals surface area contributed by atoms with Crippen molar-refractivity contribution in [2.24, 2.45) is 11.8 Å². The summed E-state index contributed by atoms with van der Waals surface area (Å²) in [6.07, 6.45) is 5.56. The van der Waals surface area contributed by atoms with Gasteiger partial charge in [0.25, 0.3) is 0 Å². The largest absolute Gasteiger partial charge is 0.455 e. The van der Waals surface area contributed by atoms with Crippen molar-refractivity contribution in [3.05, 3.63) is 85.5 Å². The summed E-state index contributed by atoms with van der Waals surface area (Å²) in [7, 11) is 0. The molecule has 0 radical (unpaired) electrons. The van der Waals surface area contributed by atoms with Crippen LogP contribution in [0.5, 0.6) is 0 Å². The van der Waals surface area contributed by atoms with E-state index >= 15 is 0 Å². The van der Waals surface area contributed by atoms with Crippen LogP contribution >= 0.6 is 15.9 Å². The van der Waals surface area contributed by atoms with Crippen molar-refractivity contribution in [1.82, 2.24) is 30.1 Å². The standard InChI is InChI=1S/C40H49BrN6O7/c1-4-6-20-31(49)42-26(3)34(27-16-10-9-11-17-27)53-39(52)32-33-37(50)46(22-14-7-8-15-23-48)36(40(33)24-28(41)35(32)54-40)38(51)45(21-5-2)25-47-30-19-13-12-18-29(30)43-44-47/h4-5,9-13,16-19,26,28,32-36,48H,1-2,6-8,14-15,20-25H2,3H3,(H,42,49)/t26-,28?,32-,33+,34-,35-,36-,40+/m0/s1. The van der Waals surface area contributed by atoms with Crippen molar-refractivity contribution < 1.29 is 33.8 Å². The fourth-order valence-electron chi connectivity index (χ4n) is 8.34. The molecule has 0 saturated carbocycles. The number of aromatic nitrogens is 3. The van der Waals surface area contributed by atoms with Crippen LogP contribution in [0.2, 0.25) is 0 Å². The van der Waals surface area contributed by atoms with Gasteiger partial charge in [-0.25, -0.2) is 4.68 Å². The summed E-state index contributed by atoms with van der Waals surface area (Å²) in [5.74, 6) is -3.47. The number of amides is 3. The zero-order valence-corrected chi connectivity index (χ0v) is 32.2. The first-order valence-corrected chi connectivity index (χ1v) is 19.6. The van der Waals surface area contributed by atoms with Crippen LogP contribution in [0, 0.1) is 11.8 Å². The van der Waals surface area contributed by atoms with Crippen molar-refractivity contribution in [2.75, 3.05) is 19.7 Å². The number of aliphatic hydroxyl groups excluding tert-OH is 1. The molecule has 1 spiro atoms. The Morgan fingerprint density at radius 3 is 2.59 bits per heavy atom. The van der Waals surface area contributed by atoms with Gasteiger partial charge < -0.3 is 29.7 Å². The van der Waals surface area contributed by atoms with Crippen molar-refractivity contribution in [3.8, 4) is 0 Å². The number of rotatable bonds is 19. The number of fused-ring (bicyclic) bond motifs is 2. The zero-order valence-electron chi connectivity index (χ0n) is 30.6.